The van der Waals surface area contributed by atoms with Gasteiger partial charge in [0.2, 0.25) is 0 Å². The molecular formula is C13H13BrN2. The molecule has 0 atom stereocenters. The van der Waals surface area contributed by atoms with E-state index in [0.29, 0.717) is 0 Å². The molecule has 0 N–H and O–H groups in total. The van der Waals surface area contributed by atoms with Gasteiger partial charge in [-0.3, -0.25) is 0 Å². The van der Waals surface area contributed by atoms with Crippen molar-refractivity contribution in [2.24, 2.45) is 0 Å². The molecule has 0 amide bonds. The van der Waals surface area contributed by atoms with Crippen molar-refractivity contribution in [3.05, 3.63) is 40.8 Å². The van der Waals surface area contributed by atoms with Crippen LogP contribution < -0.4 is 0 Å². The molecule has 2 nitrogen and oxygen atoms in total. The van der Waals surface area contributed by atoms with Crippen molar-refractivity contribution >= 4 is 15.9 Å². The average molecular weight is 277 g/mol. The Balaban J connectivity index is 2.03. The molecule has 0 saturated carbocycles. The third kappa shape index (κ3) is 1.80. The first-order valence-electron chi connectivity index (χ1n) is 5.65. The van der Waals surface area contributed by atoms with Crippen molar-refractivity contribution in [2.45, 2.75) is 25.8 Å². The molecule has 0 fully saturated rings. The Kier molecular flexibility index (Phi) is 2.56. The van der Waals surface area contributed by atoms with E-state index in [0.717, 1.165) is 23.1 Å². The van der Waals surface area contributed by atoms with Crippen LogP contribution in [0.25, 0.3) is 11.3 Å². The molecule has 1 aliphatic rings. The van der Waals surface area contributed by atoms with Crippen molar-refractivity contribution in [1.29, 1.82) is 0 Å². The first-order chi connectivity index (χ1) is 7.83. The predicted molar refractivity (Wildman–Crippen MR) is 68.3 cm³/mol. The van der Waals surface area contributed by atoms with Gasteiger partial charge in [0.05, 0.1) is 5.69 Å². The molecule has 82 valence electrons. The number of fused-ring (bicyclic) bond motifs is 1. The maximum atomic E-state index is 4.70. The van der Waals surface area contributed by atoms with Gasteiger partial charge in [-0.25, -0.2) is 4.98 Å². The minimum Gasteiger partial charge on any atom is -0.334 e. The molecule has 0 spiro atoms. The highest BCUT2D eigenvalue weighted by atomic mass is 79.9. The van der Waals surface area contributed by atoms with Crippen LogP contribution in [0.15, 0.2) is 34.9 Å². The van der Waals surface area contributed by atoms with Crippen LogP contribution in [0.4, 0.5) is 0 Å². The highest BCUT2D eigenvalue weighted by Crippen LogP contribution is 2.24. The van der Waals surface area contributed by atoms with Gasteiger partial charge in [0.15, 0.2) is 0 Å². The van der Waals surface area contributed by atoms with E-state index in [2.05, 4.69) is 44.9 Å². The second-order valence-corrected chi connectivity index (χ2v) is 5.12. The van der Waals surface area contributed by atoms with E-state index >= 15 is 0 Å². The summed E-state index contributed by atoms with van der Waals surface area (Å²) < 4.78 is 3.40. The van der Waals surface area contributed by atoms with Gasteiger partial charge in [0.1, 0.15) is 5.82 Å². The number of nitrogens with zero attached hydrogens (tertiary/aromatic N) is 2. The van der Waals surface area contributed by atoms with Crippen molar-refractivity contribution in [1.82, 2.24) is 9.55 Å². The van der Waals surface area contributed by atoms with Crippen LogP contribution in [0.3, 0.4) is 0 Å². The molecule has 3 heteroatoms. The third-order valence-electron chi connectivity index (χ3n) is 3.03. The minimum atomic E-state index is 1.10. The SMILES string of the molecule is Brc1cccc(-c2cn3c(n2)CCCC3)c1. The maximum absolute atomic E-state index is 4.70. The summed E-state index contributed by atoms with van der Waals surface area (Å²) in [5.74, 6) is 1.24. The van der Waals surface area contributed by atoms with E-state index in [1.165, 1.54) is 24.2 Å². The number of hydrogen-bond acceptors (Lipinski definition) is 1. The van der Waals surface area contributed by atoms with Crippen LogP contribution in [0, 0.1) is 0 Å². The van der Waals surface area contributed by atoms with Crippen molar-refractivity contribution in [2.75, 3.05) is 0 Å². The van der Waals surface area contributed by atoms with Gasteiger partial charge in [-0.15, -0.1) is 0 Å². The molecule has 1 aromatic heterocycles. The zero-order valence-corrected chi connectivity index (χ0v) is 10.6. The number of aryl methyl sites for hydroxylation is 2. The maximum Gasteiger partial charge on any atom is 0.109 e. The monoisotopic (exact) mass is 276 g/mol. The Labute approximate surface area is 103 Å². The molecule has 2 heterocycles. The molecule has 0 saturated heterocycles. The standard InChI is InChI=1S/C13H13BrN2/c14-11-5-3-4-10(8-11)12-9-16-7-2-1-6-13(16)15-12/h3-5,8-9H,1-2,6-7H2. The molecule has 0 unspecified atom stereocenters. The summed E-state index contributed by atoms with van der Waals surface area (Å²) in [4.78, 5) is 4.70. The van der Waals surface area contributed by atoms with Crippen LogP contribution in [0.5, 0.6) is 0 Å². The van der Waals surface area contributed by atoms with Gasteiger partial charge in [0.25, 0.3) is 0 Å². The summed E-state index contributed by atoms with van der Waals surface area (Å²) >= 11 is 3.50. The van der Waals surface area contributed by atoms with Crippen molar-refractivity contribution in [3.63, 3.8) is 0 Å². The van der Waals surface area contributed by atoms with Gasteiger partial charge in [-0.05, 0) is 25.0 Å². The fourth-order valence-electron chi connectivity index (χ4n) is 2.20. The molecule has 0 radical (unpaired) electrons. The summed E-state index contributed by atoms with van der Waals surface area (Å²) in [6, 6.07) is 8.32. The Hall–Kier alpha value is -1.09. The second kappa shape index (κ2) is 4.06. The normalized spacial score (nSPS) is 14.8. The zero-order chi connectivity index (χ0) is 11.0. The molecule has 0 aliphatic carbocycles. The number of aromatic nitrogens is 2. The third-order valence-corrected chi connectivity index (χ3v) is 3.52. The lowest BCUT2D eigenvalue weighted by Gasteiger charge is -2.11. The van der Waals surface area contributed by atoms with E-state index in [1.54, 1.807) is 0 Å². The Morgan fingerprint density at radius 3 is 3.00 bits per heavy atom. The smallest absolute Gasteiger partial charge is 0.109 e. The van der Waals surface area contributed by atoms with Crippen LogP contribution in [0.2, 0.25) is 0 Å². The quantitative estimate of drug-likeness (QED) is 0.778. The van der Waals surface area contributed by atoms with E-state index in [1.807, 2.05) is 6.07 Å². The van der Waals surface area contributed by atoms with Gasteiger partial charge < -0.3 is 4.57 Å². The molecule has 2 aromatic rings. The lowest BCUT2D eigenvalue weighted by atomic mass is 10.2. The molecule has 1 aromatic carbocycles. The van der Waals surface area contributed by atoms with Gasteiger partial charge in [-0.1, -0.05) is 28.1 Å². The first-order valence-corrected chi connectivity index (χ1v) is 6.44. The first kappa shape index (κ1) is 10.1. The predicted octanol–water partition coefficient (Wildman–Crippen LogP) is 3.65. The summed E-state index contributed by atoms with van der Waals surface area (Å²) in [6.45, 7) is 1.12. The Morgan fingerprint density at radius 2 is 2.19 bits per heavy atom. The van der Waals surface area contributed by atoms with E-state index < -0.39 is 0 Å². The zero-order valence-electron chi connectivity index (χ0n) is 8.99. The number of imidazole rings is 1. The lowest BCUT2D eigenvalue weighted by Crippen LogP contribution is -2.08. The number of benzene rings is 1. The molecule has 1 aliphatic heterocycles. The lowest BCUT2D eigenvalue weighted by molar-refractivity contribution is 0.522. The summed E-state index contributed by atoms with van der Waals surface area (Å²) in [5, 5.41) is 0. The molecule has 16 heavy (non-hydrogen) atoms. The van der Waals surface area contributed by atoms with Crippen LogP contribution in [-0.2, 0) is 13.0 Å². The molecule has 3 rings (SSSR count). The largest absolute Gasteiger partial charge is 0.334 e. The summed E-state index contributed by atoms with van der Waals surface area (Å²) in [7, 11) is 0. The fourth-order valence-corrected chi connectivity index (χ4v) is 2.60. The minimum absolute atomic E-state index is 1.10. The van der Waals surface area contributed by atoms with Gasteiger partial charge in [0, 0.05) is 29.2 Å². The van der Waals surface area contributed by atoms with Gasteiger partial charge >= 0.3 is 0 Å². The van der Waals surface area contributed by atoms with Crippen molar-refractivity contribution in [3.8, 4) is 11.3 Å². The average Bonchev–Trinajstić information content (AvgIpc) is 2.72. The Morgan fingerprint density at radius 1 is 1.25 bits per heavy atom. The van der Waals surface area contributed by atoms with E-state index in [9.17, 15) is 0 Å². The topological polar surface area (TPSA) is 17.8 Å². The van der Waals surface area contributed by atoms with Crippen LogP contribution >= 0.6 is 15.9 Å². The number of halogens is 1. The highest BCUT2D eigenvalue weighted by molar-refractivity contribution is 9.10. The second-order valence-electron chi connectivity index (χ2n) is 4.20. The molecule has 0 bridgehead atoms. The fraction of sp³-hybridized carbons (Fsp3) is 0.308. The van der Waals surface area contributed by atoms with E-state index in [4.69, 9.17) is 4.98 Å². The Bertz CT molecular complexity index is 493. The highest BCUT2D eigenvalue weighted by Gasteiger charge is 2.12. The van der Waals surface area contributed by atoms with Crippen LogP contribution in [-0.4, -0.2) is 9.55 Å². The summed E-state index contributed by atoms with van der Waals surface area (Å²) in [5.41, 5.74) is 2.29. The van der Waals surface area contributed by atoms with Crippen molar-refractivity contribution < 1.29 is 0 Å². The molecular weight excluding hydrogens is 264 g/mol. The number of hydrogen-bond donors (Lipinski definition) is 0. The summed E-state index contributed by atoms with van der Waals surface area (Å²) in [6.07, 6.45) is 5.85. The number of rotatable bonds is 1. The van der Waals surface area contributed by atoms with Gasteiger partial charge in [-0.2, -0.15) is 0 Å². The van der Waals surface area contributed by atoms with E-state index in [-0.39, 0.29) is 0 Å². The van der Waals surface area contributed by atoms with Crippen LogP contribution in [0.1, 0.15) is 18.7 Å².